The Morgan fingerprint density at radius 1 is 0.950 bits per heavy atom. The van der Waals surface area contributed by atoms with Gasteiger partial charge in [-0.05, 0) is 34.2 Å². The molecule has 8 heteroatoms. The quantitative estimate of drug-likeness (QED) is 0.114. The lowest BCUT2D eigenvalue weighted by molar-refractivity contribution is -0.182. The molecule has 0 spiro atoms. The number of ether oxygens (including phenoxy) is 1. The van der Waals surface area contributed by atoms with Crippen LogP contribution in [0.2, 0.25) is 0 Å². The van der Waals surface area contributed by atoms with Gasteiger partial charge in [-0.3, -0.25) is 14.4 Å². The molecule has 2 atom stereocenters. The summed E-state index contributed by atoms with van der Waals surface area (Å²) in [6.45, 7) is 2.37. The first-order valence-corrected chi connectivity index (χ1v) is 13.8. The topological polar surface area (TPSA) is 111 Å². The van der Waals surface area contributed by atoms with Crippen LogP contribution in [0.1, 0.15) is 61.6 Å². The maximum Gasteiger partial charge on any atom is 0.406 e. The summed E-state index contributed by atoms with van der Waals surface area (Å²) in [5.74, 6) is -0.969. The van der Waals surface area contributed by atoms with Gasteiger partial charge in [-0.25, -0.2) is 9.86 Å². The average molecular weight is 544 g/mol. The molecule has 3 aromatic carbocycles. The molecule has 0 saturated heterocycles. The molecule has 8 nitrogen and oxygen atoms in total. The van der Waals surface area contributed by atoms with Crippen LogP contribution in [-0.2, 0) is 25.8 Å². The molecule has 40 heavy (non-hydrogen) atoms. The van der Waals surface area contributed by atoms with Gasteiger partial charge in [-0.15, -0.1) is 0 Å². The van der Waals surface area contributed by atoms with E-state index in [1.807, 2.05) is 54.6 Å². The molecule has 0 aromatic heterocycles. The number of fused-ring (bicyclic) bond motifs is 3. The second-order valence-corrected chi connectivity index (χ2v) is 10.1. The molecule has 0 saturated carbocycles. The van der Waals surface area contributed by atoms with E-state index in [1.165, 1.54) is 0 Å². The van der Waals surface area contributed by atoms with Crippen molar-refractivity contribution in [2.45, 2.75) is 57.8 Å². The number of hydrogen-bond acceptors (Lipinski definition) is 5. The van der Waals surface area contributed by atoms with E-state index in [2.05, 4.69) is 36.5 Å². The molecule has 210 valence electrons. The summed E-state index contributed by atoms with van der Waals surface area (Å²) in [6.07, 6.45) is 2.31. The van der Waals surface area contributed by atoms with Gasteiger partial charge in [0, 0.05) is 12.3 Å². The van der Waals surface area contributed by atoms with E-state index in [-0.39, 0.29) is 25.0 Å². The molecule has 0 heterocycles. The molecular formula is C32H37N3O5. The van der Waals surface area contributed by atoms with Crippen LogP contribution < -0.4 is 11.1 Å². The lowest BCUT2D eigenvalue weighted by atomic mass is 9.92. The van der Waals surface area contributed by atoms with Crippen LogP contribution in [0.4, 0.5) is 4.79 Å². The van der Waals surface area contributed by atoms with Crippen molar-refractivity contribution in [1.29, 1.82) is 0 Å². The third-order valence-corrected chi connectivity index (χ3v) is 7.26. The normalized spacial score (nSPS) is 13.5. The number of carbonyl (C=O) groups excluding carboxylic acids is 3. The van der Waals surface area contributed by atoms with Gasteiger partial charge >= 0.3 is 6.09 Å². The van der Waals surface area contributed by atoms with E-state index in [1.54, 1.807) is 0 Å². The highest BCUT2D eigenvalue weighted by atomic mass is 16.7. The summed E-state index contributed by atoms with van der Waals surface area (Å²) < 4.78 is 5.42. The van der Waals surface area contributed by atoms with Gasteiger partial charge in [0.2, 0.25) is 12.3 Å². The molecule has 3 N–H and O–H groups in total. The average Bonchev–Trinajstić information content (AvgIpc) is 3.28. The second-order valence-electron chi connectivity index (χ2n) is 10.1. The zero-order chi connectivity index (χ0) is 28.3. The van der Waals surface area contributed by atoms with Crippen molar-refractivity contribution in [3.8, 4) is 11.1 Å². The first-order valence-electron chi connectivity index (χ1n) is 13.8. The molecule has 3 aromatic rings. The largest absolute Gasteiger partial charge is 0.426 e. The number of hydroxylamine groups is 2. The highest BCUT2D eigenvalue weighted by molar-refractivity contribution is 5.80. The van der Waals surface area contributed by atoms with E-state index in [9.17, 15) is 14.4 Å². The Bertz CT molecular complexity index is 1240. The standard InChI is InChI=1S/C32H37N3O5/c1-2-3-5-14-24(20-35(22-36)39-21-23-12-6-4-7-13-23)31(37)34-30(40-32(33)38)19-29-27-17-10-8-15-25(27)26-16-9-11-18-28(26)29/h4,6-13,15-18,22,24,29-30H,2-3,5,14,19-21H2,1H3,(H2,33,38)(H,34,37). The van der Waals surface area contributed by atoms with Gasteiger partial charge in [0.25, 0.3) is 0 Å². The minimum atomic E-state index is -0.965. The molecule has 1 aliphatic carbocycles. The summed E-state index contributed by atoms with van der Waals surface area (Å²) in [5.41, 5.74) is 10.8. The number of benzene rings is 3. The number of primary amides is 1. The number of carbonyl (C=O) groups is 3. The van der Waals surface area contributed by atoms with Crippen LogP contribution in [0.15, 0.2) is 78.9 Å². The Morgan fingerprint density at radius 2 is 1.57 bits per heavy atom. The van der Waals surface area contributed by atoms with Crippen LogP contribution >= 0.6 is 0 Å². The maximum atomic E-state index is 13.6. The van der Waals surface area contributed by atoms with Crippen molar-refractivity contribution in [3.63, 3.8) is 0 Å². The van der Waals surface area contributed by atoms with Crippen molar-refractivity contribution in [2.75, 3.05) is 6.54 Å². The zero-order valence-electron chi connectivity index (χ0n) is 22.8. The van der Waals surface area contributed by atoms with Crippen LogP contribution in [0.25, 0.3) is 11.1 Å². The number of hydrogen-bond donors (Lipinski definition) is 2. The fraction of sp³-hybridized carbons (Fsp3) is 0.344. The van der Waals surface area contributed by atoms with Crippen LogP contribution in [0.5, 0.6) is 0 Å². The van der Waals surface area contributed by atoms with Gasteiger partial charge in [0.1, 0.15) is 6.61 Å². The van der Waals surface area contributed by atoms with Crippen LogP contribution in [-0.4, -0.2) is 36.2 Å². The Balaban J connectivity index is 1.48. The summed E-state index contributed by atoms with van der Waals surface area (Å²) in [4.78, 5) is 43.0. The number of nitrogens with zero attached hydrogens (tertiary/aromatic N) is 1. The molecule has 3 amide bonds. The first-order chi connectivity index (χ1) is 19.5. The van der Waals surface area contributed by atoms with Crippen molar-refractivity contribution in [3.05, 3.63) is 95.6 Å². The van der Waals surface area contributed by atoms with Gasteiger partial charge in [0.15, 0.2) is 6.23 Å². The predicted octanol–water partition coefficient (Wildman–Crippen LogP) is 5.51. The highest BCUT2D eigenvalue weighted by Crippen LogP contribution is 2.46. The summed E-state index contributed by atoms with van der Waals surface area (Å²) in [6, 6.07) is 25.7. The Morgan fingerprint density at radius 3 is 2.17 bits per heavy atom. The van der Waals surface area contributed by atoms with E-state index >= 15 is 0 Å². The van der Waals surface area contributed by atoms with Gasteiger partial charge in [-0.1, -0.05) is 105 Å². The molecule has 0 bridgehead atoms. The lowest BCUT2D eigenvalue weighted by Gasteiger charge is -2.27. The van der Waals surface area contributed by atoms with E-state index in [0.29, 0.717) is 19.3 Å². The van der Waals surface area contributed by atoms with Crippen molar-refractivity contribution in [2.24, 2.45) is 11.7 Å². The molecule has 2 unspecified atom stereocenters. The number of unbranched alkanes of at least 4 members (excludes halogenated alkanes) is 2. The van der Waals surface area contributed by atoms with E-state index < -0.39 is 18.2 Å². The van der Waals surface area contributed by atoms with E-state index in [4.69, 9.17) is 15.3 Å². The first kappa shape index (κ1) is 28.8. The Kier molecular flexibility index (Phi) is 10.3. The van der Waals surface area contributed by atoms with Crippen LogP contribution in [0.3, 0.4) is 0 Å². The number of nitrogens with two attached hydrogens (primary N) is 1. The third-order valence-electron chi connectivity index (χ3n) is 7.26. The molecule has 0 aliphatic heterocycles. The number of amides is 3. The van der Waals surface area contributed by atoms with Crippen molar-refractivity contribution >= 4 is 18.4 Å². The van der Waals surface area contributed by atoms with Gasteiger partial charge < -0.3 is 15.8 Å². The molecule has 0 fully saturated rings. The molecular weight excluding hydrogens is 506 g/mol. The minimum absolute atomic E-state index is 0.0737. The second kappa shape index (κ2) is 14.3. The lowest BCUT2D eigenvalue weighted by Crippen LogP contribution is -2.46. The van der Waals surface area contributed by atoms with Crippen LogP contribution in [0, 0.1) is 5.92 Å². The predicted molar refractivity (Wildman–Crippen MR) is 153 cm³/mol. The van der Waals surface area contributed by atoms with Crippen molar-refractivity contribution < 1.29 is 24.0 Å². The number of nitrogens with one attached hydrogen (secondary N) is 1. The smallest absolute Gasteiger partial charge is 0.406 e. The fourth-order valence-electron chi connectivity index (χ4n) is 5.30. The summed E-state index contributed by atoms with van der Waals surface area (Å²) in [5, 5.41) is 4.07. The highest BCUT2D eigenvalue weighted by Gasteiger charge is 2.33. The fourth-order valence-corrected chi connectivity index (χ4v) is 5.30. The van der Waals surface area contributed by atoms with Crippen molar-refractivity contribution in [1.82, 2.24) is 10.4 Å². The van der Waals surface area contributed by atoms with E-state index in [0.717, 1.165) is 52.1 Å². The SMILES string of the molecule is CCCCCC(CN(C=O)OCc1ccccc1)C(=O)NC(CC1c2ccccc2-c2ccccc21)OC(N)=O. The molecule has 4 rings (SSSR count). The monoisotopic (exact) mass is 543 g/mol. The van der Waals surface area contributed by atoms with Gasteiger partial charge in [0.05, 0.1) is 12.5 Å². The third kappa shape index (κ3) is 7.48. The van der Waals surface area contributed by atoms with Gasteiger partial charge in [-0.2, -0.15) is 0 Å². The minimum Gasteiger partial charge on any atom is -0.426 e. The zero-order valence-corrected chi connectivity index (χ0v) is 22.8. The number of rotatable bonds is 15. The summed E-state index contributed by atoms with van der Waals surface area (Å²) >= 11 is 0. The Labute approximate surface area is 235 Å². The maximum absolute atomic E-state index is 13.6. The summed E-state index contributed by atoms with van der Waals surface area (Å²) in [7, 11) is 0. The molecule has 1 aliphatic rings. The molecule has 0 radical (unpaired) electrons. The Hall–Kier alpha value is -4.17.